The molecule has 1 aliphatic heterocycles. The Bertz CT molecular complexity index is 460. The third kappa shape index (κ3) is 2.99. The summed E-state index contributed by atoms with van der Waals surface area (Å²) in [5, 5.41) is 4.20. The lowest BCUT2D eigenvalue weighted by Crippen LogP contribution is -2.38. The molecular formula is C16H23ClN2O. The second-order valence-corrected chi connectivity index (χ2v) is 5.90. The summed E-state index contributed by atoms with van der Waals surface area (Å²) in [7, 11) is 0. The maximum absolute atomic E-state index is 12.6. The summed E-state index contributed by atoms with van der Waals surface area (Å²) in [6.07, 6.45) is 2.81. The largest absolute Gasteiger partial charge is 0.319 e. The molecule has 0 aliphatic carbocycles. The van der Waals surface area contributed by atoms with Crippen molar-refractivity contribution < 1.29 is 4.79 Å². The number of carbonyl (C=O) groups is 1. The number of benzene rings is 1. The fourth-order valence-electron chi connectivity index (χ4n) is 2.72. The summed E-state index contributed by atoms with van der Waals surface area (Å²) in [5.41, 5.74) is 1.10. The maximum Gasteiger partial charge on any atom is 0.241 e. The van der Waals surface area contributed by atoms with E-state index in [0.717, 1.165) is 29.8 Å². The molecule has 1 aromatic rings. The van der Waals surface area contributed by atoms with Gasteiger partial charge in [0.05, 0.1) is 6.04 Å². The number of carbonyl (C=O) groups excluding carboxylic acids is 1. The average Bonchev–Trinajstić information content (AvgIpc) is 2.77. The molecule has 0 spiro atoms. The van der Waals surface area contributed by atoms with E-state index in [1.54, 1.807) is 0 Å². The fraction of sp³-hybridized carbons (Fsp3) is 0.562. The van der Waals surface area contributed by atoms with Gasteiger partial charge < -0.3 is 4.90 Å². The van der Waals surface area contributed by atoms with Crippen LogP contribution in [0.5, 0.6) is 0 Å². The zero-order valence-corrected chi connectivity index (χ0v) is 13.2. The summed E-state index contributed by atoms with van der Waals surface area (Å²) in [4.78, 5) is 14.6. The van der Waals surface area contributed by atoms with E-state index in [-0.39, 0.29) is 24.2 Å². The zero-order valence-electron chi connectivity index (χ0n) is 12.4. The van der Waals surface area contributed by atoms with Crippen LogP contribution in [0.1, 0.15) is 51.8 Å². The minimum Gasteiger partial charge on any atom is -0.319 e. The van der Waals surface area contributed by atoms with E-state index in [1.165, 1.54) is 0 Å². The van der Waals surface area contributed by atoms with Crippen molar-refractivity contribution in [1.29, 1.82) is 0 Å². The molecule has 1 saturated heterocycles. The van der Waals surface area contributed by atoms with Crippen molar-refractivity contribution in [3.05, 3.63) is 34.9 Å². The normalized spacial score (nSPS) is 24.2. The smallest absolute Gasteiger partial charge is 0.241 e. The molecule has 1 heterocycles. The van der Waals surface area contributed by atoms with Crippen LogP contribution in [0, 0.1) is 0 Å². The number of rotatable bonds is 5. The first-order valence-corrected chi connectivity index (χ1v) is 7.80. The number of nitrogens with one attached hydrogen (secondary N) is 1. The second kappa shape index (κ2) is 6.59. The first kappa shape index (κ1) is 15.3. The molecule has 1 amide bonds. The monoisotopic (exact) mass is 294 g/mol. The number of amides is 1. The van der Waals surface area contributed by atoms with Gasteiger partial charge in [-0.25, -0.2) is 0 Å². The van der Waals surface area contributed by atoms with Gasteiger partial charge in [0, 0.05) is 11.1 Å². The second-order valence-electron chi connectivity index (χ2n) is 5.46. The molecule has 1 N–H and O–H groups in total. The van der Waals surface area contributed by atoms with Crippen LogP contribution in [0.25, 0.3) is 0 Å². The predicted molar refractivity (Wildman–Crippen MR) is 82.6 cm³/mol. The molecule has 1 fully saturated rings. The molecule has 3 atom stereocenters. The molecule has 0 saturated carbocycles. The van der Waals surface area contributed by atoms with Crippen molar-refractivity contribution in [3.63, 3.8) is 0 Å². The quantitative estimate of drug-likeness (QED) is 0.897. The lowest BCUT2D eigenvalue weighted by Gasteiger charge is -2.30. The van der Waals surface area contributed by atoms with Crippen LogP contribution in [0.2, 0.25) is 5.02 Å². The Labute approximate surface area is 126 Å². The van der Waals surface area contributed by atoms with E-state index in [9.17, 15) is 4.79 Å². The minimum atomic E-state index is -0.0605. The molecule has 2 rings (SSSR count). The number of nitrogens with zero attached hydrogens (tertiary/aromatic N) is 1. The first-order valence-electron chi connectivity index (χ1n) is 7.42. The van der Waals surface area contributed by atoms with E-state index in [0.29, 0.717) is 0 Å². The van der Waals surface area contributed by atoms with Gasteiger partial charge in [0.2, 0.25) is 5.91 Å². The molecular weight excluding hydrogens is 272 g/mol. The summed E-state index contributed by atoms with van der Waals surface area (Å²) in [6, 6.07) is 7.93. The van der Waals surface area contributed by atoms with Crippen molar-refractivity contribution in [3.8, 4) is 0 Å². The van der Waals surface area contributed by atoms with Crippen LogP contribution in [0.4, 0.5) is 0 Å². The van der Waals surface area contributed by atoms with E-state index in [2.05, 4.69) is 26.1 Å². The number of halogens is 1. The van der Waals surface area contributed by atoms with E-state index >= 15 is 0 Å². The van der Waals surface area contributed by atoms with E-state index < -0.39 is 0 Å². The van der Waals surface area contributed by atoms with E-state index in [4.69, 9.17) is 11.6 Å². The first-order chi connectivity index (χ1) is 9.58. The Kier molecular flexibility index (Phi) is 5.06. The third-order valence-corrected chi connectivity index (χ3v) is 4.27. The highest BCUT2D eigenvalue weighted by Gasteiger charge is 2.40. The van der Waals surface area contributed by atoms with Gasteiger partial charge in [-0.05, 0) is 37.5 Å². The highest BCUT2D eigenvalue weighted by atomic mass is 35.5. The summed E-state index contributed by atoms with van der Waals surface area (Å²) in [5.74, 6) is 0.223. The Morgan fingerprint density at radius 3 is 2.50 bits per heavy atom. The van der Waals surface area contributed by atoms with Crippen LogP contribution in [-0.2, 0) is 4.79 Å². The summed E-state index contributed by atoms with van der Waals surface area (Å²) in [6.45, 7) is 6.33. The molecule has 0 aromatic heterocycles. The van der Waals surface area contributed by atoms with Crippen molar-refractivity contribution >= 4 is 17.5 Å². The molecule has 3 unspecified atom stereocenters. The molecule has 0 bridgehead atoms. The maximum atomic E-state index is 12.6. The van der Waals surface area contributed by atoms with Gasteiger partial charge in [-0.3, -0.25) is 10.1 Å². The zero-order chi connectivity index (χ0) is 14.7. The van der Waals surface area contributed by atoms with Gasteiger partial charge in [0.15, 0.2) is 0 Å². The Balaban J connectivity index is 2.28. The Morgan fingerprint density at radius 1 is 1.30 bits per heavy atom. The molecule has 1 aromatic carbocycles. The van der Waals surface area contributed by atoms with Gasteiger partial charge in [0.1, 0.15) is 6.17 Å². The van der Waals surface area contributed by atoms with Gasteiger partial charge in [-0.2, -0.15) is 0 Å². The Hall–Kier alpha value is -1.06. The lowest BCUT2D eigenvalue weighted by molar-refractivity contribution is -0.132. The van der Waals surface area contributed by atoms with Crippen LogP contribution < -0.4 is 5.32 Å². The molecule has 0 radical (unpaired) electrons. The highest BCUT2D eigenvalue weighted by molar-refractivity contribution is 6.30. The van der Waals surface area contributed by atoms with Crippen molar-refractivity contribution in [2.45, 2.75) is 58.3 Å². The van der Waals surface area contributed by atoms with Crippen molar-refractivity contribution in [2.75, 3.05) is 0 Å². The summed E-state index contributed by atoms with van der Waals surface area (Å²) >= 11 is 5.95. The third-order valence-electron chi connectivity index (χ3n) is 4.02. The predicted octanol–water partition coefficient (Wildman–Crippen LogP) is 3.74. The molecule has 20 heavy (non-hydrogen) atoms. The number of hydrogen-bond donors (Lipinski definition) is 1. The van der Waals surface area contributed by atoms with Gasteiger partial charge in [-0.1, -0.05) is 44.0 Å². The number of hydrogen-bond acceptors (Lipinski definition) is 2. The topological polar surface area (TPSA) is 32.3 Å². The van der Waals surface area contributed by atoms with Crippen LogP contribution >= 0.6 is 11.6 Å². The van der Waals surface area contributed by atoms with Gasteiger partial charge in [-0.15, -0.1) is 0 Å². The van der Waals surface area contributed by atoms with Crippen LogP contribution in [0.15, 0.2) is 24.3 Å². The van der Waals surface area contributed by atoms with Crippen molar-refractivity contribution in [2.24, 2.45) is 0 Å². The SMILES string of the molecule is CCCC1NC(c2ccc(Cl)cc2)N(C(C)CC)C1=O. The minimum absolute atomic E-state index is 0.0359. The van der Waals surface area contributed by atoms with Gasteiger partial charge in [0.25, 0.3) is 0 Å². The van der Waals surface area contributed by atoms with Crippen molar-refractivity contribution in [1.82, 2.24) is 10.2 Å². The van der Waals surface area contributed by atoms with E-state index in [1.807, 2.05) is 29.2 Å². The molecule has 4 heteroatoms. The molecule has 3 nitrogen and oxygen atoms in total. The standard InChI is InChI=1S/C16H23ClN2O/c1-4-6-14-16(20)19(11(3)5-2)15(18-14)12-7-9-13(17)10-8-12/h7-11,14-15,18H,4-6H2,1-3H3. The van der Waals surface area contributed by atoms with Crippen LogP contribution in [0.3, 0.4) is 0 Å². The average molecular weight is 295 g/mol. The lowest BCUT2D eigenvalue weighted by atomic mass is 10.1. The highest BCUT2D eigenvalue weighted by Crippen LogP contribution is 2.30. The van der Waals surface area contributed by atoms with Crippen LogP contribution in [-0.4, -0.2) is 22.9 Å². The Morgan fingerprint density at radius 2 is 1.95 bits per heavy atom. The fourth-order valence-corrected chi connectivity index (χ4v) is 2.84. The summed E-state index contributed by atoms with van der Waals surface area (Å²) < 4.78 is 0. The molecule has 110 valence electrons. The van der Waals surface area contributed by atoms with Gasteiger partial charge >= 0.3 is 0 Å². The molecule has 1 aliphatic rings.